The lowest BCUT2D eigenvalue weighted by Gasteiger charge is -2.14. The fourth-order valence-corrected chi connectivity index (χ4v) is 5.47. The monoisotopic (exact) mass is 360 g/mol. The second-order valence-electron chi connectivity index (χ2n) is 3.81. The second kappa shape index (κ2) is 5.99. The molecular weight excluding hydrogens is 348 g/mol. The summed E-state index contributed by atoms with van der Waals surface area (Å²) in [7, 11) is -3.29. The fourth-order valence-electron chi connectivity index (χ4n) is 1.77. The van der Waals surface area contributed by atoms with Crippen LogP contribution in [0.1, 0.15) is 6.42 Å². The van der Waals surface area contributed by atoms with E-state index in [1.54, 1.807) is 12.1 Å². The third-order valence-corrected chi connectivity index (χ3v) is 6.68. The highest BCUT2D eigenvalue weighted by molar-refractivity contribution is 9.11. The van der Waals surface area contributed by atoms with Crippen molar-refractivity contribution in [2.24, 2.45) is 11.7 Å². The highest BCUT2D eigenvalue weighted by Gasteiger charge is 2.32. The van der Waals surface area contributed by atoms with Crippen LogP contribution in [0.15, 0.2) is 20.1 Å². The zero-order valence-corrected chi connectivity index (χ0v) is 13.0. The van der Waals surface area contributed by atoms with Crippen molar-refractivity contribution in [1.29, 1.82) is 0 Å². The summed E-state index contributed by atoms with van der Waals surface area (Å²) < 4.78 is 27.1. The normalized spacial score (nSPS) is 21.4. The van der Waals surface area contributed by atoms with Gasteiger partial charge in [-0.15, -0.1) is 23.7 Å². The van der Waals surface area contributed by atoms with Crippen LogP contribution in [0.5, 0.6) is 0 Å². The van der Waals surface area contributed by atoms with Crippen LogP contribution in [0.4, 0.5) is 0 Å². The van der Waals surface area contributed by atoms with E-state index in [1.807, 2.05) is 0 Å². The number of nitrogens with zero attached hydrogens (tertiary/aromatic N) is 1. The van der Waals surface area contributed by atoms with Gasteiger partial charge in [0.1, 0.15) is 4.21 Å². The molecule has 0 saturated carbocycles. The Labute approximate surface area is 120 Å². The Morgan fingerprint density at radius 2 is 2.24 bits per heavy atom. The molecule has 4 nitrogen and oxygen atoms in total. The Hall–Kier alpha value is 0.340. The molecule has 0 radical (unpaired) electrons. The predicted molar refractivity (Wildman–Crippen MR) is 75.2 cm³/mol. The average molecular weight is 362 g/mol. The number of halogens is 2. The molecule has 0 unspecified atom stereocenters. The van der Waals surface area contributed by atoms with Crippen molar-refractivity contribution in [2.75, 3.05) is 19.6 Å². The minimum atomic E-state index is -3.29. The Morgan fingerprint density at radius 3 is 2.71 bits per heavy atom. The highest BCUT2D eigenvalue weighted by atomic mass is 79.9. The van der Waals surface area contributed by atoms with Crippen LogP contribution in [0.3, 0.4) is 0 Å². The minimum Gasteiger partial charge on any atom is -0.330 e. The summed E-state index contributed by atoms with van der Waals surface area (Å²) in [5, 5.41) is 0. The van der Waals surface area contributed by atoms with E-state index < -0.39 is 10.0 Å². The molecule has 1 saturated heterocycles. The van der Waals surface area contributed by atoms with Gasteiger partial charge < -0.3 is 5.73 Å². The van der Waals surface area contributed by atoms with Crippen molar-refractivity contribution in [2.45, 2.75) is 10.6 Å². The van der Waals surface area contributed by atoms with Gasteiger partial charge in [0, 0.05) is 13.1 Å². The average Bonchev–Trinajstić information content (AvgIpc) is 2.85. The van der Waals surface area contributed by atoms with Crippen molar-refractivity contribution >= 4 is 49.7 Å². The first-order valence-corrected chi connectivity index (χ1v) is 8.04. The molecule has 0 aromatic carbocycles. The van der Waals surface area contributed by atoms with Gasteiger partial charge in [0.15, 0.2) is 0 Å². The number of sulfonamides is 1. The summed E-state index contributed by atoms with van der Waals surface area (Å²) in [6.07, 6.45) is 0.863. The minimum absolute atomic E-state index is 0. The Kier molecular flexibility index (Phi) is 5.42. The van der Waals surface area contributed by atoms with Crippen molar-refractivity contribution < 1.29 is 8.42 Å². The molecule has 1 atom stereocenters. The lowest BCUT2D eigenvalue weighted by molar-refractivity contribution is 0.460. The lowest BCUT2D eigenvalue weighted by Crippen LogP contribution is -2.29. The zero-order valence-electron chi connectivity index (χ0n) is 9.00. The van der Waals surface area contributed by atoms with Gasteiger partial charge in [-0.3, -0.25) is 0 Å². The molecule has 17 heavy (non-hydrogen) atoms. The van der Waals surface area contributed by atoms with Crippen LogP contribution in [-0.4, -0.2) is 32.4 Å². The molecule has 8 heteroatoms. The van der Waals surface area contributed by atoms with Crippen LogP contribution >= 0.6 is 39.7 Å². The fraction of sp³-hybridized carbons (Fsp3) is 0.556. The highest BCUT2D eigenvalue weighted by Crippen LogP contribution is 2.30. The first-order chi connectivity index (χ1) is 7.54. The van der Waals surface area contributed by atoms with Crippen LogP contribution in [0.25, 0.3) is 0 Å². The Bertz CT molecular complexity index is 477. The van der Waals surface area contributed by atoms with Gasteiger partial charge in [-0.1, -0.05) is 0 Å². The molecule has 1 aromatic heterocycles. The van der Waals surface area contributed by atoms with Crippen molar-refractivity contribution in [3.63, 3.8) is 0 Å². The molecule has 2 N–H and O–H groups in total. The molecule has 1 fully saturated rings. The first-order valence-electron chi connectivity index (χ1n) is 4.99. The molecule has 0 bridgehead atoms. The summed E-state index contributed by atoms with van der Waals surface area (Å²) in [5.74, 6) is 0.304. The zero-order chi connectivity index (χ0) is 11.8. The maximum Gasteiger partial charge on any atom is 0.252 e. The molecule has 98 valence electrons. The topological polar surface area (TPSA) is 63.4 Å². The largest absolute Gasteiger partial charge is 0.330 e. The number of thiophene rings is 1. The molecule has 1 aromatic rings. The first kappa shape index (κ1) is 15.4. The smallest absolute Gasteiger partial charge is 0.252 e. The van der Waals surface area contributed by atoms with E-state index in [4.69, 9.17) is 5.73 Å². The van der Waals surface area contributed by atoms with E-state index in [0.29, 0.717) is 29.8 Å². The predicted octanol–water partition coefficient (Wildman–Crippen LogP) is 1.90. The number of hydrogen-bond acceptors (Lipinski definition) is 4. The molecule has 1 aliphatic heterocycles. The molecule has 1 aliphatic rings. The number of hydrogen-bond donors (Lipinski definition) is 1. The molecular formula is C9H14BrClN2O2S2. The third kappa shape index (κ3) is 3.21. The van der Waals surface area contributed by atoms with E-state index in [9.17, 15) is 8.42 Å². The van der Waals surface area contributed by atoms with Gasteiger partial charge in [-0.05, 0) is 46.9 Å². The van der Waals surface area contributed by atoms with Crippen LogP contribution in [0.2, 0.25) is 0 Å². The van der Waals surface area contributed by atoms with Crippen LogP contribution in [0, 0.1) is 5.92 Å². The number of nitrogens with two attached hydrogens (primary N) is 1. The van der Waals surface area contributed by atoms with E-state index in [-0.39, 0.29) is 12.4 Å². The quantitative estimate of drug-likeness (QED) is 0.894. The second-order valence-corrected chi connectivity index (χ2v) is 8.44. The maximum absolute atomic E-state index is 12.2. The molecule has 0 aliphatic carbocycles. The third-order valence-electron chi connectivity index (χ3n) is 2.72. The van der Waals surface area contributed by atoms with Crippen molar-refractivity contribution in [3.05, 3.63) is 15.9 Å². The van der Waals surface area contributed by atoms with E-state index in [0.717, 1.165) is 10.2 Å². The number of rotatable bonds is 3. The summed E-state index contributed by atoms with van der Waals surface area (Å²) >= 11 is 4.52. The van der Waals surface area contributed by atoms with Gasteiger partial charge in [0.2, 0.25) is 0 Å². The van der Waals surface area contributed by atoms with Gasteiger partial charge in [0.25, 0.3) is 10.0 Å². The van der Waals surface area contributed by atoms with E-state index >= 15 is 0 Å². The van der Waals surface area contributed by atoms with Gasteiger partial charge in [-0.2, -0.15) is 4.31 Å². The Balaban J connectivity index is 0.00000144. The van der Waals surface area contributed by atoms with Gasteiger partial charge in [0.05, 0.1) is 3.79 Å². The molecule has 2 rings (SSSR count). The van der Waals surface area contributed by atoms with E-state index in [1.165, 1.54) is 15.6 Å². The van der Waals surface area contributed by atoms with Crippen molar-refractivity contribution in [3.8, 4) is 0 Å². The summed E-state index contributed by atoms with van der Waals surface area (Å²) in [6.45, 7) is 1.69. The maximum atomic E-state index is 12.2. The van der Waals surface area contributed by atoms with Gasteiger partial charge in [-0.25, -0.2) is 8.42 Å². The van der Waals surface area contributed by atoms with Gasteiger partial charge >= 0.3 is 0 Å². The Morgan fingerprint density at radius 1 is 1.53 bits per heavy atom. The standard InChI is InChI=1S/C9H13BrN2O2S2.ClH/c10-8-1-2-9(15-8)16(13,14)12-4-3-7(5-11)6-12;/h1-2,7H,3-6,11H2;1H/t7-;/m0./s1. The van der Waals surface area contributed by atoms with Crippen LogP contribution in [-0.2, 0) is 10.0 Å². The van der Waals surface area contributed by atoms with E-state index in [2.05, 4.69) is 15.9 Å². The SMILES string of the molecule is Cl.NC[C@@H]1CCN(S(=O)(=O)c2ccc(Br)s2)C1. The van der Waals surface area contributed by atoms with Crippen LogP contribution < -0.4 is 5.73 Å². The van der Waals surface area contributed by atoms with Crippen molar-refractivity contribution in [1.82, 2.24) is 4.31 Å². The summed E-state index contributed by atoms with van der Waals surface area (Å²) in [4.78, 5) is 0. The summed E-state index contributed by atoms with van der Waals surface area (Å²) in [6, 6.07) is 3.40. The molecule has 0 spiro atoms. The summed E-state index contributed by atoms with van der Waals surface area (Å²) in [5.41, 5.74) is 5.56. The molecule has 2 heterocycles. The lowest BCUT2D eigenvalue weighted by atomic mass is 10.1. The molecule has 0 amide bonds.